The average molecular weight is 227 g/mol. The van der Waals surface area contributed by atoms with Crippen molar-refractivity contribution in [1.82, 2.24) is 5.32 Å². The van der Waals surface area contributed by atoms with Gasteiger partial charge >= 0.3 is 0 Å². The minimum absolute atomic E-state index is 0.509. The van der Waals surface area contributed by atoms with E-state index in [9.17, 15) is 0 Å². The van der Waals surface area contributed by atoms with Gasteiger partial charge in [0.05, 0.1) is 12.7 Å². The SMILES string of the molecule is CCC(COC)NC1CCCC2OCCC12. The monoisotopic (exact) mass is 227 g/mol. The van der Waals surface area contributed by atoms with Gasteiger partial charge in [-0.25, -0.2) is 0 Å². The fourth-order valence-electron chi connectivity index (χ4n) is 3.17. The van der Waals surface area contributed by atoms with Crippen LogP contribution in [0.25, 0.3) is 0 Å². The minimum Gasteiger partial charge on any atom is -0.383 e. The molecule has 0 amide bonds. The summed E-state index contributed by atoms with van der Waals surface area (Å²) in [5.74, 6) is 0.750. The molecule has 1 heterocycles. The molecule has 2 fully saturated rings. The quantitative estimate of drug-likeness (QED) is 0.779. The molecule has 0 aromatic carbocycles. The molecule has 1 aliphatic heterocycles. The van der Waals surface area contributed by atoms with Gasteiger partial charge in [0.1, 0.15) is 0 Å². The number of hydrogen-bond acceptors (Lipinski definition) is 3. The van der Waals surface area contributed by atoms with Crippen LogP contribution in [0.15, 0.2) is 0 Å². The highest BCUT2D eigenvalue weighted by Gasteiger charge is 2.37. The van der Waals surface area contributed by atoms with Gasteiger partial charge in [0, 0.05) is 31.7 Å². The molecule has 3 nitrogen and oxygen atoms in total. The Kier molecular flexibility index (Phi) is 4.62. The Hall–Kier alpha value is -0.120. The highest BCUT2D eigenvalue weighted by molar-refractivity contribution is 4.91. The zero-order chi connectivity index (χ0) is 11.4. The van der Waals surface area contributed by atoms with E-state index in [0.717, 1.165) is 25.6 Å². The van der Waals surface area contributed by atoms with Gasteiger partial charge < -0.3 is 14.8 Å². The van der Waals surface area contributed by atoms with Gasteiger partial charge in [-0.1, -0.05) is 6.92 Å². The Labute approximate surface area is 98.9 Å². The summed E-state index contributed by atoms with van der Waals surface area (Å²) >= 11 is 0. The van der Waals surface area contributed by atoms with Gasteiger partial charge in [-0.3, -0.25) is 0 Å². The maximum atomic E-state index is 5.79. The van der Waals surface area contributed by atoms with Crippen molar-refractivity contribution in [2.75, 3.05) is 20.3 Å². The summed E-state index contributed by atoms with van der Waals surface area (Å²) in [6.07, 6.45) is 6.80. The first kappa shape index (κ1) is 12.3. The lowest BCUT2D eigenvalue weighted by Gasteiger charge is -2.35. The molecule has 0 aromatic heterocycles. The van der Waals surface area contributed by atoms with Crippen LogP contribution in [-0.2, 0) is 9.47 Å². The second kappa shape index (κ2) is 5.99. The van der Waals surface area contributed by atoms with Crippen molar-refractivity contribution in [3.05, 3.63) is 0 Å². The Morgan fingerprint density at radius 3 is 3.00 bits per heavy atom. The Bertz CT molecular complexity index is 210. The number of hydrogen-bond donors (Lipinski definition) is 1. The van der Waals surface area contributed by atoms with Crippen LogP contribution in [0.2, 0.25) is 0 Å². The maximum Gasteiger partial charge on any atom is 0.0619 e. The fraction of sp³-hybridized carbons (Fsp3) is 1.00. The van der Waals surface area contributed by atoms with Crippen molar-refractivity contribution in [1.29, 1.82) is 0 Å². The van der Waals surface area contributed by atoms with Crippen LogP contribution in [0.4, 0.5) is 0 Å². The summed E-state index contributed by atoms with van der Waals surface area (Å²) < 4.78 is 11.0. The third-order valence-electron chi connectivity index (χ3n) is 4.09. The van der Waals surface area contributed by atoms with Crippen molar-refractivity contribution in [3.63, 3.8) is 0 Å². The minimum atomic E-state index is 0.509. The average Bonchev–Trinajstić information content (AvgIpc) is 2.77. The molecule has 4 unspecified atom stereocenters. The van der Waals surface area contributed by atoms with Crippen LogP contribution < -0.4 is 5.32 Å². The number of rotatable bonds is 5. The zero-order valence-corrected chi connectivity index (χ0v) is 10.6. The van der Waals surface area contributed by atoms with E-state index in [-0.39, 0.29) is 0 Å². The number of ether oxygens (including phenoxy) is 2. The molecule has 0 bridgehead atoms. The van der Waals surface area contributed by atoms with Crippen molar-refractivity contribution in [3.8, 4) is 0 Å². The second-order valence-electron chi connectivity index (χ2n) is 5.13. The zero-order valence-electron chi connectivity index (χ0n) is 10.6. The highest BCUT2D eigenvalue weighted by atomic mass is 16.5. The van der Waals surface area contributed by atoms with E-state index in [4.69, 9.17) is 9.47 Å². The molecule has 1 saturated heterocycles. The molecule has 2 rings (SSSR count). The Morgan fingerprint density at radius 1 is 1.38 bits per heavy atom. The van der Waals surface area contributed by atoms with Gasteiger partial charge in [0.15, 0.2) is 0 Å². The Morgan fingerprint density at radius 2 is 2.25 bits per heavy atom. The molecular weight excluding hydrogens is 202 g/mol. The van der Waals surface area contributed by atoms with E-state index in [0.29, 0.717) is 18.2 Å². The molecule has 4 atom stereocenters. The molecule has 1 aliphatic carbocycles. The van der Waals surface area contributed by atoms with Crippen LogP contribution in [0.1, 0.15) is 39.0 Å². The van der Waals surface area contributed by atoms with Crippen LogP contribution >= 0.6 is 0 Å². The molecule has 1 N–H and O–H groups in total. The molecule has 0 spiro atoms. The molecule has 16 heavy (non-hydrogen) atoms. The highest BCUT2D eigenvalue weighted by Crippen LogP contribution is 2.34. The fourth-order valence-corrected chi connectivity index (χ4v) is 3.17. The number of nitrogens with one attached hydrogen (secondary N) is 1. The Balaban J connectivity index is 1.87. The summed E-state index contributed by atoms with van der Waals surface area (Å²) in [4.78, 5) is 0. The first-order valence-electron chi connectivity index (χ1n) is 6.71. The largest absolute Gasteiger partial charge is 0.383 e. The molecule has 94 valence electrons. The van der Waals surface area contributed by atoms with Crippen LogP contribution in [0.3, 0.4) is 0 Å². The lowest BCUT2D eigenvalue weighted by Crippen LogP contribution is -2.48. The van der Waals surface area contributed by atoms with E-state index in [2.05, 4.69) is 12.2 Å². The normalized spacial score (nSPS) is 36.0. The second-order valence-corrected chi connectivity index (χ2v) is 5.13. The smallest absolute Gasteiger partial charge is 0.0619 e. The first-order valence-corrected chi connectivity index (χ1v) is 6.71. The predicted molar refractivity (Wildman–Crippen MR) is 64.6 cm³/mol. The molecule has 2 aliphatic rings. The van der Waals surface area contributed by atoms with Gasteiger partial charge in [-0.05, 0) is 32.1 Å². The first-order chi connectivity index (χ1) is 7.85. The topological polar surface area (TPSA) is 30.5 Å². The lowest BCUT2D eigenvalue weighted by molar-refractivity contribution is 0.0473. The molecule has 3 heteroatoms. The van der Waals surface area contributed by atoms with Crippen LogP contribution in [-0.4, -0.2) is 38.5 Å². The van der Waals surface area contributed by atoms with E-state index in [1.165, 1.54) is 25.7 Å². The van der Waals surface area contributed by atoms with E-state index >= 15 is 0 Å². The van der Waals surface area contributed by atoms with E-state index < -0.39 is 0 Å². The summed E-state index contributed by atoms with van der Waals surface area (Å²) in [6, 6.07) is 1.16. The standard InChI is InChI=1S/C13H25NO2/c1-3-10(9-15-2)14-12-5-4-6-13-11(12)7-8-16-13/h10-14H,3-9H2,1-2H3. The van der Waals surface area contributed by atoms with Gasteiger partial charge in [0.25, 0.3) is 0 Å². The number of fused-ring (bicyclic) bond motifs is 1. The van der Waals surface area contributed by atoms with E-state index in [1.807, 2.05) is 0 Å². The van der Waals surface area contributed by atoms with Gasteiger partial charge in [0.2, 0.25) is 0 Å². The summed E-state index contributed by atoms with van der Waals surface area (Å²) in [7, 11) is 1.78. The van der Waals surface area contributed by atoms with Crippen molar-refractivity contribution >= 4 is 0 Å². The number of methoxy groups -OCH3 is 1. The van der Waals surface area contributed by atoms with Crippen molar-refractivity contribution in [2.24, 2.45) is 5.92 Å². The van der Waals surface area contributed by atoms with Crippen molar-refractivity contribution in [2.45, 2.75) is 57.2 Å². The summed E-state index contributed by atoms with van der Waals surface area (Å²) in [5, 5.41) is 3.77. The van der Waals surface area contributed by atoms with Crippen molar-refractivity contribution < 1.29 is 9.47 Å². The van der Waals surface area contributed by atoms with E-state index in [1.54, 1.807) is 7.11 Å². The molecule has 0 aromatic rings. The summed E-state index contributed by atoms with van der Waals surface area (Å²) in [5.41, 5.74) is 0. The van der Waals surface area contributed by atoms with Crippen LogP contribution in [0.5, 0.6) is 0 Å². The van der Waals surface area contributed by atoms with Gasteiger partial charge in [-0.15, -0.1) is 0 Å². The third kappa shape index (κ3) is 2.76. The molecule has 0 radical (unpaired) electrons. The summed E-state index contributed by atoms with van der Waals surface area (Å²) in [6.45, 7) is 4.02. The predicted octanol–water partition coefficient (Wildman–Crippen LogP) is 1.96. The lowest BCUT2D eigenvalue weighted by atomic mass is 9.81. The van der Waals surface area contributed by atoms with Gasteiger partial charge in [-0.2, -0.15) is 0 Å². The molecular formula is C13H25NO2. The molecule has 1 saturated carbocycles. The third-order valence-corrected chi connectivity index (χ3v) is 4.09. The maximum absolute atomic E-state index is 5.79. The van der Waals surface area contributed by atoms with Crippen LogP contribution in [0, 0.1) is 5.92 Å².